The van der Waals surface area contributed by atoms with Crippen molar-refractivity contribution in [3.8, 4) is 11.6 Å². The predicted molar refractivity (Wildman–Crippen MR) is 87.4 cm³/mol. The van der Waals surface area contributed by atoms with Gasteiger partial charge in [-0.05, 0) is 50.6 Å². The normalized spacial score (nSPS) is 11.5. The van der Waals surface area contributed by atoms with Crippen molar-refractivity contribution in [3.63, 3.8) is 0 Å². The third kappa shape index (κ3) is 5.20. The number of rotatable bonds is 4. The van der Waals surface area contributed by atoms with Crippen molar-refractivity contribution in [1.82, 2.24) is 10.3 Å². The van der Waals surface area contributed by atoms with Gasteiger partial charge in [0.05, 0.1) is 5.02 Å². The molecule has 1 N–H and O–H groups in total. The van der Waals surface area contributed by atoms with E-state index in [4.69, 9.17) is 27.9 Å². The van der Waals surface area contributed by atoms with Crippen molar-refractivity contribution in [3.05, 3.63) is 52.1 Å². The number of aromatic nitrogens is 1. The van der Waals surface area contributed by atoms with Gasteiger partial charge in [-0.15, -0.1) is 0 Å². The fourth-order valence-electron chi connectivity index (χ4n) is 1.65. The van der Waals surface area contributed by atoms with Crippen LogP contribution in [0.1, 0.15) is 26.3 Å². The summed E-state index contributed by atoms with van der Waals surface area (Å²) in [5.41, 5.74) is 1.16. The summed E-state index contributed by atoms with van der Waals surface area (Å²) in [7, 11) is 0. The lowest BCUT2D eigenvalue weighted by Gasteiger charge is -2.20. The van der Waals surface area contributed by atoms with Gasteiger partial charge in [0, 0.05) is 29.4 Å². The van der Waals surface area contributed by atoms with Crippen LogP contribution < -0.4 is 10.1 Å². The van der Waals surface area contributed by atoms with Crippen molar-refractivity contribution in [2.45, 2.75) is 32.9 Å². The first-order valence-corrected chi connectivity index (χ1v) is 7.42. The van der Waals surface area contributed by atoms with E-state index in [-0.39, 0.29) is 5.54 Å². The second-order valence-electron chi connectivity index (χ2n) is 5.78. The van der Waals surface area contributed by atoms with Gasteiger partial charge in [-0.1, -0.05) is 23.2 Å². The van der Waals surface area contributed by atoms with Crippen molar-refractivity contribution in [2.75, 3.05) is 0 Å². The molecule has 112 valence electrons. The van der Waals surface area contributed by atoms with Crippen molar-refractivity contribution >= 4 is 23.2 Å². The second kappa shape index (κ2) is 6.65. The topological polar surface area (TPSA) is 34.2 Å². The quantitative estimate of drug-likeness (QED) is 0.852. The fourth-order valence-corrected chi connectivity index (χ4v) is 2.10. The number of ether oxygens (including phenoxy) is 1. The molecule has 0 spiro atoms. The lowest BCUT2D eigenvalue weighted by atomic mass is 10.1. The van der Waals surface area contributed by atoms with Gasteiger partial charge in [0.15, 0.2) is 0 Å². The Morgan fingerprint density at radius 1 is 1.14 bits per heavy atom. The predicted octanol–water partition coefficient (Wildman–Crippen LogP) is 5.07. The molecule has 1 aromatic carbocycles. The van der Waals surface area contributed by atoms with E-state index in [0.717, 1.165) is 12.1 Å². The van der Waals surface area contributed by atoms with Gasteiger partial charge in [0.2, 0.25) is 5.88 Å². The summed E-state index contributed by atoms with van der Waals surface area (Å²) in [6, 6.07) is 8.95. The van der Waals surface area contributed by atoms with Gasteiger partial charge in [-0.2, -0.15) is 0 Å². The van der Waals surface area contributed by atoms with E-state index in [1.807, 2.05) is 12.1 Å². The Morgan fingerprint density at radius 2 is 1.90 bits per heavy atom. The molecule has 0 aliphatic carbocycles. The number of hydrogen-bond acceptors (Lipinski definition) is 3. The number of halogens is 2. The maximum atomic E-state index is 6.09. The summed E-state index contributed by atoms with van der Waals surface area (Å²) in [6.45, 7) is 7.12. The standard InChI is InChI=1S/C16H18Cl2N2O/c1-16(2,3)20-10-11-6-7-19-15(8-11)21-14-5-4-12(17)9-13(14)18/h4-9,20H,10H2,1-3H3. The molecule has 2 aromatic rings. The van der Waals surface area contributed by atoms with Crippen LogP contribution in [-0.4, -0.2) is 10.5 Å². The molecule has 1 heterocycles. The lowest BCUT2D eigenvalue weighted by Crippen LogP contribution is -2.35. The summed E-state index contributed by atoms with van der Waals surface area (Å²) in [5, 5.41) is 4.45. The summed E-state index contributed by atoms with van der Waals surface area (Å²) < 4.78 is 5.71. The van der Waals surface area contributed by atoms with Crippen molar-refractivity contribution in [2.24, 2.45) is 0 Å². The number of nitrogens with one attached hydrogen (secondary N) is 1. The third-order valence-corrected chi connectivity index (χ3v) is 3.26. The Kier molecular flexibility index (Phi) is 5.09. The van der Waals surface area contributed by atoms with E-state index in [2.05, 4.69) is 31.1 Å². The molecule has 0 aliphatic rings. The van der Waals surface area contributed by atoms with Crippen LogP contribution in [0.3, 0.4) is 0 Å². The molecule has 0 bridgehead atoms. The maximum Gasteiger partial charge on any atom is 0.219 e. The van der Waals surface area contributed by atoms with Crippen LogP contribution in [0.5, 0.6) is 11.6 Å². The molecule has 0 unspecified atom stereocenters. The largest absolute Gasteiger partial charge is 0.437 e. The molecule has 0 atom stereocenters. The Hall–Kier alpha value is -1.29. The minimum atomic E-state index is 0.0593. The molecule has 0 aliphatic heterocycles. The van der Waals surface area contributed by atoms with E-state index < -0.39 is 0 Å². The number of hydrogen-bond donors (Lipinski definition) is 1. The summed E-state index contributed by atoms with van der Waals surface area (Å²) in [4.78, 5) is 4.20. The van der Waals surface area contributed by atoms with Crippen LogP contribution in [0.15, 0.2) is 36.5 Å². The number of benzene rings is 1. The van der Waals surface area contributed by atoms with E-state index in [1.54, 1.807) is 24.4 Å². The first-order chi connectivity index (χ1) is 9.83. The molecule has 0 saturated carbocycles. The Morgan fingerprint density at radius 3 is 2.57 bits per heavy atom. The van der Waals surface area contributed by atoms with E-state index in [0.29, 0.717) is 21.7 Å². The first-order valence-electron chi connectivity index (χ1n) is 6.66. The van der Waals surface area contributed by atoms with Crippen LogP contribution >= 0.6 is 23.2 Å². The van der Waals surface area contributed by atoms with Crippen LogP contribution in [0.2, 0.25) is 10.0 Å². The Bertz CT molecular complexity index is 624. The minimum Gasteiger partial charge on any atom is -0.437 e. The van der Waals surface area contributed by atoms with Gasteiger partial charge >= 0.3 is 0 Å². The Labute approximate surface area is 135 Å². The molecule has 0 radical (unpaired) electrons. The molecule has 5 heteroatoms. The van der Waals surface area contributed by atoms with Crippen LogP contribution in [0.4, 0.5) is 0 Å². The zero-order valence-corrected chi connectivity index (χ0v) is 13.8. The van der Waals surface area contributed by atoms with Crippen molar-refractivity contribution < 1.29 is 4.74 Å². The fraction of sp³-hybridized carbons (Fsp3) is 0.312. The molecule has 0 fully saturated rings. The summed E-state index contributed by atoms with van der Waals surface area (Å²) in [6.07, 6.45) is 1.72. The highest BCUT2D eigenvalue weighted by atomic mass is 35.5. The molecule has 2 rings (SSSR count). The third-order valence-electron chi connectivity index (χ3n) is 2.73. The smallest absolute Gasteiger partial charge is 0.219 e. The van der Waals surface area contributed by atoms with E-state index in [9.17, 15) is 0 Å². The summed E-state index contributed by atoms with van der Waals surface area (Å²) >= 11 is 12.0. The number of pyridine rings is 1. The Balaban J connectivity index is 2.10. The van der Waals surface area contributed by atoms with Crippen LogP contribution in [0, 0.1) is 0 Å². The highest BCUT2D eigenvalue weighted by Gasteiger charge is 2.09. The van der Waals surface area contributed by atoms with Gasteiger partial charge in [0.25, 0.3) is 0 Å². The lowest BCUT2D eigenvalue weighted by molar-refractivity contribution is 0.422. The molecular formula is C16H18Cl2N2O. The average molecular weight is 325 g/mol. The van der Waals surface area contributed by atoms with Crippen molar-refractivity contribution in [1.29, 1.82) is 0 Å². The SMILES string of the molecule is CC(C)(C)NCc1ccnc(Oc2ccc(Cl)cc2Cl)c1. The minimum absolute atomic E-state index is 0.0593. The second-order valence-corrected chi connectivity index (χ2v) is 6.63. The molecule has 0 amide bonds. The van der Waals surface area contributed by atoms with Gasteiger partial charge in [0.1, 0.15) is 5.75 Å². The molecule has 0 saturated heterocycles. The maximum absolute atomic E-state index is 6.09. The molecule has 1 aromatic heterocycles. The summed E-state index contributed by atoms with van der Waals surface area (Å²) in [5.74, 6) is 1.04. The highest BCUT2D eigenvalue weighted by Crippen LogP contribution is 2.30. The van der Waals surface area contributed by atoms with Gasteiger partial charge in [-0.25, -0.2) is 4.98 Å². The first kappa shape index (κ1) is 16.1. The van der Waals surface area contributed by atoms with E-state index >= 15 is 0 Å². The molecule has 21 heavy (non-hydrogen) atoms. The average Bonchev–Trinajstić information content (AvgIpc) is 2.39. The highest BCUT2D eigenvalue weighted by molar-refractivity contribution is 6.35. The van der Waals surface area contributed by atoms with E-state index in [1.165, 1.54) is 0 Å². The zero-order valence-electron chi connectivity index (χ0n) is 12.3. The van der Waals surface area contributed by atoms with Crippen LogP contribution in [-0.2, 0) is 6.54 Å². The monoisotopic (exact) mass is 324 g/mol. The van der Waals surface area contributed by atoms with Gasteiger partial charge in [-0.3, -0.25) is 0 Å². The van der Waals surface area contributed by atoms with Gasteiger partial charge < -0.3 is 10.1 Å². The molecule has 3 nitrogen and oxygen atoms in total. The molecular weight excluding hydrogens is 307 g/mol. The zero-order chi connectivity index (χ0) is 15.5. The number of nitrogens with zero attached hydrogens (tertiary/aromatic N) is 1. The van der Waals surface area contributed by atoms with Crippen LogP contribution in [0.25, 0.3) is 0 Å².